The number of thiophene rings is 1. The molecule has 126 valence electrons. The summed E-state index contributed by atoms with van der Waals surface area (Å²) in [5, 5.41) is 2.66. The lowest BCUT2D eigenvalue weighted by atomic mass is 10.2. The average molecular weight is 345 g/mol. The first-order valence-electron chi connectivity index (χ1n) is 7.60. The number of carbonyl (C=O) groups is 3. The quantitative estimate of drug-likeness (QED) is 0.615. The van der Waals surface area contributed by atoms with Crippen molar-refractivity contribution < 1.29 is 19.1 Å². The number of Topliss-reactive ketones (excluding diaryl/α,β-unsaturated/α-hetero) is 1. The Morgan fingerprint density at radius 1 is 1.08 bits per heavy atom. The van der Waals surface area contributed by atoms with Gasteiger partial charge in [0.25, 0.3) is 5.91 Å². The number of ether oxygens (including phenoxy) is 1. The Morgan fingerprint density at radius 2 is 1.79 bits per heavy atom. The maximum absolute atomic E-state index is 12.0. The van der Waals surface area contributed by atoms with Crippen LogP contribution in [0.2, 0.25) is 0 Å². The Kier molecular flexibility index (Phi) is 6.26. The fraction of sp³-hybridized carbons (Fsp3) is 0.278. The van der Waals surface area contributed by atoms with E-state index in [1.807, 2.05) is 19.1 Å². The molecule has 0 radical (unpaired) electrons. The molecule has 1 aromatic carbocycles. The van der Waals surface area contributed by atoms with Gasteiger partial charge in [-0.05, 0) is 38.1 Å². The van der Waals surface area contributed by atoms with Gasteiger partial charge in [-0.1, -0.05) is 18.2 Å². The Balaban J connectivity index is 1.77. The Hall–Kier alpha value is -2.47. The zero-order valence-corrected chi connectivity index (χ0v) is 14.4. The second kappa shape index (κ2) is 8.40. The van der Waals surface area contributed by atoms with E-state index >= 15 is 0 Å². The molecular formula is C18H19NO4S. The molecule has 0 unspecified atom stereocenters. The van der Waals surface area contributed by atoms with E-state index in [1.54, 1.807) is 30.3 Å². The minimum atomic E-state index is -0.920. The van der Waals surface area contributed by atoms with Crippen LogP contribution in [-0.2, 0) is 14.3 Å². The summed E-state index contributed by atoms with van der Waals surface area (Å²) in [6, 6.07) is 12.5. The van der Waals surface area contributed by atoms with E-state index in [1.165, 1.54) is 18.3 Å². The molecule has 5 nitrogen and oxygen atoms in total. The van der Waals surface area contributed by atoms with Gasteiger partial charge in [0.2, 0.25) is 0 Å². The number of hydrogen-bond acceptors (Lipinski definition) is 5. The number of nitrogens with one attached hydrogen (secondary N) is 1. The second-order valence-corrected chi connectivity index (χ2v) is 6.61. The van der Waals surface area contributed by atoms with E-state index in [2.05, 4.69) is 5.32 Å². The van der Waals surface area contributed by atoms with Crippen LogP contribution in [0.5, 0.6) is 0 Å². The smallest absolute Gasteiger partial charge is 0.307 e. The second-order valence-electron chi connectivity index (χ2n) is 5.32. The van der Waals surface area contributed by atoms with Gasteiger partial charge in [-0.3, -0.25) is 14.4 Å². The molecule has 0 saturated carbocycles. The maximum atomic E-state index is 12.0. The van der Waals surface area contributed by atoms with Crippen LogP contribution in [0.25, 0.3) is 0 Å². The monoisotopic (exact) mass is 345 g/mol. The lowest BCUT2D eigenvalue weighted by Gasteiger charge is -2.13. The van der Waals surface area contributed by atoms with Crippen LogP contribution in [0.4, 0.5) is 5.69 Å². The topological polar surface area (TPSA) is 72.5 Å². The molecule has 24 heavy (non-hydrogen) atoms. The summed E-state index contributed by atoms with van der Waals surface area (Å²) in [6.45, 7) is 3.42. The van der Waals surface area contributed by atoms with E-state index in [0.717, 1.165) is 4.88 Å². The highest BCUT2D eigenvalue weighted by Crippen LogP contribution is 2.17. The van der Waals surface area contributed by atoms with Crippen molar-refractivity contribution in [2.45, 2.75) is 32.8 Å². The van der Waals surface area contributed by atoms with Crippen molar-refractivity contribution >= 4 is 34.7 Å². The van der Waals surface area contributed by atoms with Gasteiger partial charge in [-0.15, -0.1) is 11.3 Å². The number of esters is 1. The van der Waals surface area contributed by atoms with Crippen molar-refractivity contribution in [3.05, 3.63) is 52.2 Å². The summed E-state index contributed by atoms with van der Waals surface area (Å²) < 4.78 is 5.08. The predicted octanol–water partition coefficient (Wildman–Crippen LogP) is 3.59. The van der Waals surface area contributed by atoms with Crippen LogP contribution in [0.1, 0.15) is 34.3 Å². The zero-order valence-electron chi connectivity index (χ0n) is 13.6. The molecular weight excluding hydrogens is 326 g/mol. The van der Waals surface area contributed by atoms with Crippen LogP contribution >= 0.6 is 11.3 Å². The molecule has 0 fully saturated rings. The Labute approximate surface area is 144 Å². The van der Waals surface area contributed by atoms with Crippen LogP contribution < -0.4 is 5.32 Å². The number of para-hydroxylation sites is 1. The average Bonchev–Trinajstić information content (AvgIpc) is 3.00. The first-order valence-corrected chi connectivity index (χ1v) is 8.42. The standard InChI is InChI=1S/C18H19NO4S/c1-12-8-10-16(24-12)15(20)9-11-17(21)23-13(2)18(22)19-14-6-4-3-5-7-14/h3-8,10,13H,9,11H2,1-2H3,(H,19,22)/t13-/m0/s1. The van der Waals surface area contributed by atoms with Crippen molar-refractivity contribution in [3.8, 4) is 0 Å². The highest BCUT2D eigenvalue weighted by molar-refractivity contribution is 7.14. The molecule has 0 aliphatic carbocycles. The molecule has 6 heteroatoms. The fourth-order valence-corrected chi connectivity index (χ4v) is 2.83. The van der Waals surface area contributed by atoms with Gasteiger partial charge in [0.1, 0.15) is 0 Å². The number of benzene rings is 1. The van der Waals surface area contributed by atoms with Gasteiger partial charge in [-0.2, -0.15) is 0 Å². The molecule has 1 atom stereocenters. The third kappa shape index (κ3) is 5.31. The molecule has 2 rings (SSSR count). The number of aryl methyl sites for hydroxylation is 1. The third-order valence-electron chi connectivity index (χ3n) is 3.29. The predicted molar refractivity (Wildman–Crippen MR) is 93.2 cm³/mol. The Bertz CT molecular complexity index is 724. The number of amides is 1. The first kappa shape index (κ1) is 17.9. The number of rotatable bonds is 7. The van der Waals surface area contributed by atoms with E-state index in [0.29, 0.717) is 10.6 Å². The van der Waals surface area contributed by atoms with Crippen LogP contribution in [0, 0.1) is 6.92 Å². The molecule has 2 aromatic rings. The molecule has 1 amide bonds. The summed E-state index contributed by atoms with van der Waals surface area (Å²) in [4.78, 5) is 37.4. The Morgan fingerprint density at radius 3 is 2.42 bits per heavy atom. The van der Waals surface area contributed by atoms with Crippen molar-refractivity contribution in [3.63, 3.8) is 0 Å². The van der Waals surface area contributed by atoms with Crippen LogP contribution in [0.15, 0.2) is 42.5 Å². The molecule has 0 saturated heterocycles. The SMILES string of the molecule is Cc1ccc(C(=O)CCC(=O)O[C@@H](C)C(=O)Nc2ccccc2)s1. The molecule has 0 aliphatic heterocycles. The summed E-state index contributed by atoms with van der Waals surface area (Å²) in [7, 11) is 0. The fourth-order valence-electron chi connectivity index (χ4n) is 2.00. The van der Waals surface area contributed by atoms with Crippen LogP contribution in [0.3, 0.4) is 0 Å². The number of hydrogen-bond donors (Lipinski definition) is 1. The van der Waals surface area contributed by atoms with Crippen molar-refractivity contribution in [1.82, 2.24) is 0 Å². The largest absolute Gasteiger partial charge is 0.453 e. The van der Waals surface area contributed by atoms with Crippen molar-refractivity contribution in [2.75, 3.05) is 5.32 Å². The summed E-state index contributed by atoms with van der Waals surface area (Å²) in [5.41, 5.74) is 0.633. The van der Waals surface area contributed by atoms with Gasteiger partial charge < -0.3 is 10.1 Å². The number of anilines is 1. The third-order valence-corrected chi connectivity index (χ3v) is 4.33. The van der Waals surface area contributed by atoms with Gasteiger partial charge >= 0.3 is 5.97 Å². The van der Waals surface area contributed by atoms with Gasteiger partial charge in [0.05, 0.1) is 11.3 Å². The lowest BCUT2D eigenvalue weighted by Crippen LogP contribution is -2.30. The van der Waals surface area contributed by atoms with Crippen molar-refractivity contribution in [1.29, 1.82) is 0 Å². The molecule has 1 aromatic heterocycles. The highest BCUT2D eigenvalue weighted by Gasteiger charge is 2.19. The minimum absolute atomic E-state index is 0.0429. The van der Waals surface area contributed by atoms with E-state index in [9.17, 15) is 14.4 Å². The van der Waals surface area contributed by atoms with E-state index < -0.39 is 18.0 Å². The molecule has 0 bridgehead atoms. The molecule has 1 heterocycles. The van der Waals surface area contributed by atoms with E-state index in [4.69, 9.17) is 4.74 Å². The van der Waals surface area contributed by atoms with Gasteiger partial charge in [0.15, 0.2) is 11.9 Å². The van der Waals surface area contributed by atoms with Crippen LogP contribution in [-0.4, -0.2) is 23.8 Å². The van der Waals surface area contributed by atoms with Gasteiger partial charge in [-0.25, -0.2) is 0 Å². The molecule has 0 spiro atoms. The number of carbonyl (C=O) groups excluding carboxylic acids is 3. The number of ketones is 1. The lowest BCUT2D eigenvalue weighted by molar-refractivity contribution is -0.153. The van der Waals surface area contributed by atoms with E-state index in [-0.39, 0.29) is 18.6 Å². The molecule has 0 aliphatic rings. The van der Waals surface area contributed by atoms with Crippen molar-refractivity contribution in [2.24, 2.45) is 0 Å². The summed E-state index contributed by atoms with van der Waals surface area (Å²) >= 11 is 1.40. The normalized spacial score (nSPS) is 11.6. The zero-order chi connectivity index (χ0) is 17.5. The highest BCUT2D eigenvalue weighted by atomic mass is 32.1. The first-order chi connectivity index (χ1) is 11.5. The summed E-state index contributed by atoms with van der Waals surface area (Å²) in [6.07, 6.45) is -0.887. The summed E-state index contributed by atoms with van der Waals surface area (Å²) in [5.74, 6) is -1.06. The maximum Gasteiger partial charge on any atom is 0.307 e. The van der Waals surface area contributed by atoms with Gasteiger partial charge in [0, 0.05) is 17.0 Å². The molecule has 1 N–H and O–H groups in total. The minimum Gasteiger partial charge on any atom is -0.453 e.